The van der Waals surface area contributed by atoms with E-state index in [0.717, 1.165) is 54.2 Å². The second-order valence-corrected chi connectivity index (χ2v) is 7.50. The molecule has 140 valence electrons. The van der Waals surface area contributed by atoms with Crippen LogP contribution in [0.15, 0.2) is 48.1 Å². The Kier molecular flexibility index (Phi) is 5.91. The van der Waals surface area contributed by atoms with E-state index in [9.17, 15) is 0 Å². The van der Waals surface area contributed by atoms with Gasteiger partial charge in [0.15, 0.2) is 0 Å². The molecule has 6 nitrogen and oxygen atoms in total. The summed E-state index contributed by atoms with van der Waals surface area (Å²) in [6.07, 6.45) is 7.17. The van der Waals surface area contributed by atoms with Crippen LogP contribution in [0, 0.1) is 5.92 Å². The summed E-state index contributed by atoms with van der Waals surface area (Å²) < 4.78 is 5.95. The van der Waals surface area contributed by atoms with Gasteiger partial charge in [-0.25, -0.2) is 15.0 Å². The number of aromatic nitrogens is 3. The molecule has 4 rings (SSSR count). The fraction of sp³-hybridized carbons (Fsp3) is 0.350. The van der Waals surface area contributed by atoms with Crippen LogP contribution in [0.1, 0.15) is 19.3 Å². The van der Waals surface area contributed by atoms with Gasteiger partial charge in [0.1, 0.15) is 16.5 Å². The van der Waals surface area contributed by atoms with Gasteiger partial charge in [-0.1, -0.05) is 6.07 Å². The molecule has 0 amide bonds. The van der Waals surface area contributed by atoms with Crippen LogP contribution in [0.3, 0.4) is 0 Å². The maximum absolute atomic E-state index is 5.95. The Balaban J connectivity index is 1.35. The average Bonchev–Trinajstić information content (AvgIpc) is 3.24. The van der Waals surface area contributed by atoms with Gasteiger partial charge in [0.05, 0.1) is 6.61 Å². The van der Waals surface area contributed by atoms with E-state index in [-0.39, 0.29) is 0 Å². The summed E-state index contributed by atoms with van der Waals surface area (Å²) in [5.41, 5.74) is 1.72. The molecule has 7 heteroatoms. The number of anilines is 2. The summed E-state index contributed by atoms with van der Waals surface area (Å²) in [6, 6.07) is 9.79. The van der Waals surface area contributed by atoms with E-state index in [1.54, 1.807) is 23.7 Å². The van der Waals surface area contributed by atoms with Gasteiger partial charge in [-0.05, 0) is 56.5 Å². The number of piperidine rings is 1. The minimum absolute atomic E-state index is 0.549. The number of ether oxygens (including phenoxy) is 1. The topological polar surface area (TPSA) is 72.0 Å². The van der Waals surface area contributed by atoms with Crippen LogP contribution in [0.4, 0.5) is 11.6 Å². The lowest BCUT2D eigenvalue weighted by Crippen LogP contribution is -2.30. The van der Waals surface area contributed by atoms with Crippen molar-refractivity contribution in [2.24, 2.45) is 5.92 Å². The Morgan fingerprint density at radius 2 is 2.22 bits per heavy atom. The van der Waals surface area contributed by atoms with E-state index in [4.69, 9.17) is 4.74 Å². The van der Waals surface area contributed by atoms with Gasteiger partial charge in [0.2, 0.25) is 5.95 Å². The van der Waals surface area contributed by atoms with Gasteiger partial charge in [-0.15, -0.1) is 11.3 Å². The molecule has 0 bridgehead atoms. The van der Waals surface area contributed by atoms with Crippen molar-refractivity contribution < 1.29 is 4.74 Å². The van der Waals surface area contributed by atoms with Crippen molar-refractivity contribution in [1.29, 1.82) is 0 Å². The van der Waals surface area contributed by atoms with Gasteiger partial charge in [0, 0.05) is 29.5 Å². The number of benzene rings is 1. The zero-order valence-corrected chi connectivity index (χ0v) is 15.9. The zero-order valence-electron chi connectivity index (χ0n) is 15.1. The van der Waals surface area contributed by atoms with Crippen LogP contribution >= 0.6 is 11.3 Å². The van der Waals surface area contributed by atoms with E-state index in [1.165, 1.54) is 12.8 Å². The lowest BCUT2D eigenvalue weighted by Gasteiger charge is -2.22. The van der Waals surface area contributed by atoms with Gasteiger partial charge >= 0.3 is 0 Å². The third-order valence-electron chi connectivity index (χ3n) is 4.59. The molecule has 1 aliphatic heterocycles. The minimum atomic E-state index is 0.549. The molecule has 27 heavy (non-hydrogen) atoms. The third-order valence-corrected chi connectivity index (χ3v) is 5.39. The number of rotatable bonds is 7. The first kappa shape index (κ1) is 17.9. The highest BCUT2D eigenvalue weighted by Crippen LogP contribution is 2.23. The standard InChI is InChI=1S/C20H23N5OS/c1-4-16(13-17(5-1)26-11-7-15-3-2-8-21-14-15)24-20-23-9-6-18(25-20)19-22-10-12-27-19/h1,4-6,9-10,12-13,15,21H,2-3,7-8,11,14H2,(H,23,24,25). The predicted octanol–water partition coefficient (Wildman–Crippen LogP) is 4.11. The quantitative estimate of drug-likeness (QED) is 0.642. The Bertz CT molecular complexity index is 849. The number of hydrogen-bond donors (Lipinski definition) is 2. The molecule has 0 aliphatic carbocycles. The average molecular weight is 382 g/mol. The highest BCUT2D eigenvalue weighted by molar-refractivity contribution is 7.13. The third kappa shape index (κ3) is 5.02. The van der Waals surface area contributed by atoms with Crippen molar-refractivity contribution in [1.82, 2.24) is 20.3 Å². The van der Waals surface area contributed by atoms with Crippen molar-refractivity contribution in [2.45, 2.75) is 19.3 Å². The summed E-state index contributed by atoms with van der Waals surface area (Å²) >= 11 is 1.56. The smallest absolute Gasteiger partial charge is 0.227 e. The molecule has 1 aromatic carbocycles. The Hall–Kier alpha value is -2.51. The van der Waals surface area contributed by atoms with E-state index in [2.05, 4.69) is 25.6 Å². The second-order valence-electron chi connectivity index (χ2n) is 6.61. The highest BCUT2D eigenvalue weighted by atomic mass is 32.1. The van der Waals surface area contributed by atoms with Crippen molar-refractivity contribution in [3.05, 3.63) is 48.1 Å². The van der Waals surface area contributed by atoms with Crippen molar-refractivity contribution in [2.75, 3.05) is 25.0 Å². The van der Waals surface area contributed by atoms with Crippen molar-refractivity contribution >= 4 is 23.0 Å². The molecule has 0 radical (unpaired) electrons. The maximum Gasteiger partial charge on any atom is 0.227 e. The minimum Gasteiger partial charge on any atom is -0.494 e. The summed E-state index contributed by atoms with van der Waals surface area (Å²) in [5.74, 6) is 2.13. The molecular formula is C20H23N5OS. The molecule has 2 N–H and O–H groups in total. The number of thiazole rings is 1. The van der Waals surface area contributed by atoms with Gasteiger partial charge < -0.3 is 15.4 Å². The number of nitrogens with one attached hydrogen (secondary N) is 2. The van der Waals surface area contributed by atoms with Crippen LogP contribution < -0.4 is 15.4 Å². The Labute approximate surface area is 163 Å². The Morgan fingerprint density at radius 1 is 1.22 bits per heavy atom. The van der Waals surface area contributed by atoms with Gasteiger partial charge in [0.25, 0.3) is 0 Å². The number of hydrogen-bond acceptors (Lipinski definition) is 7. The molecule has 3 aromatic rings. The molecule has 1 fully saturated rings. The van der Waals surface area contributed by atoms with Crippen molar-refractivity contribution in [3.63, 3.8) is 0 Å². The number of nitrogens with zero attached hydrogens (tertiary/aromatic N) is 3. The zero-order chi connectivity index (χ0) is 18.3. The fourth-order valence-corrected chi connectivity index (χ4v) is 3.80. The first-order chi connectivity index (χ1) is 13.4. The fourth-order valence-electron chi connectivity index (χ4n) is 3.19. The molecule has 1 aliphatic rings. The van der Waals surface area contributed by atoms with Crippen LogP contribution in [0.2, 0.25) is 0 Å². The summed E-state index contributed by atoms with van der Waals surface area (Å²) in [5, 5.41) is 9.53. The molecule has 0 saturated carbocycles. The summed E-state index contributed by atoms with van der Waals surface area (Å²) in [4.78, 5) is 13.1. The predicted molar refractivity (Wildman–Crippen MR) is 109 cm³/mol. The highest BCUT2D eigenvalue weighted by Gasteiger charge is 2.12. The van der Waals surface area contributed by atoms with Crippen LogP contribution in [0.25, 0.3) is 10.7 Å². The largest absolute Gasteiger partial charge is 0.494 e. The van der Waals surface area contributed by atoms with Gasteiger partial charge in [-0.3, -0.25) is 0 Å². The lowest BCUT2D eigenvalue weighted by molar-refractivity contribution is 0.254. The van der Waals surface area contributed by atoms with Gasteiger partial charge in [-0.2, -0.15) is 0 Å². The maximum atomic E-state index is 5.95. The van der Waals surface area contributed by atoms with E-state index < -0.39 is 0 Å². The lowest BCUT2D eigenvalue weighted by atomic mass is 9.97. The molecule has 1 saturated heterocycles. The second kappa shape index (κ2) is 8.92. The van der Waals surface area contributed by atoms with Crippen LogP contribution in [-0.2, 0) is 0 Å². The molecule has 0 spiro atoms. The summed E-state index contributed by atoms with van der Waals surface area (Å²) in [6.45, 7) is 3.00. The first-order valence-corrected chi connectivity index (χ1v) is 10.2. The SMILES string of the molecule is c1cc(Nc2nccc(-c3nccs3)n2)cc(OCCC2CCCNC2)c1. The molecule has 3 heterocycles. The monoisotopic (exact) mass is 381 g/mol. The first-order valence-electron chi connectivity index (χ1n) is 9.30. The van der Waals surface area contributed by atoms with E-state index in [0.29, 0.717) is 5.95 Å². The summed E-state index contributed by atoms with van der Waals surface area (Å²) in [7, 11) is 0. The van der Waals surface area contributed by atoms with E-state index >= 15 is 0 Å². The van der Waals surface area contributed by atoms with Crippen LogP contribution in [0.5, 0.6) is 5.75 Å². The van der Waals surface area contributed by atoms with E-state index in [1.807, 2.05) is 35.7 Å². The Morgan fingerprint density at radius 3 is 3.07 bits per heavy atom. The molecule has 2 aromatic heterocycles. The van der Waals surface area contributed by atoms with Crippen LogP contribution in [-0.4, -0.2) is 34.6 Å². The molecular weight excluding hydrogens is 358 g/mol. The molecule has 1 unspecified atom stereocenters. The normalized spacial score (nSPS) is 16.8. The van der Waals surface area contributed by atoms with Crippen molar-refractivity contribution in [3.8, 4) is 16.5 Å². The molecule has 1 atom stereocenters.